The van der Waals surface area contributed by atoms with Crippen molar-refractivity contribution in [1.82, 2.24) is 9.97 Å². The molecule has 98 valence electrons. The Hall–Kier alpha value is -2.10. The zero-order valence-corrected chi connectivity index (χ0v) is 11.2. The van der Waals surface area contributed by atoms with Crippen molar-refractivity contribution in [3.05, 3.63) is 47.9 Å². The summed E-state index contributed by atoms with van der Waals surface area (Å²) >= 11 is 0. The summed E-state index contributed by atoms with van der Waals surface area (Å²) in [6, 6.07) is 10.0. The number of hydrogen-bond donors (Lipinski definition) is 0. The van der Waals surface area contributed by atoms with Gasteiger partial charge in [0.15, 0.2) is 11.6 Å². The molecule has 3 rings (SSSR count). The van der Waals surface area contributed by atoms with Gasteiger partial charge in [0.25, 0.3) is 0 Å². The summed E-state index contributed by atoms with van der Waals surface area (Å²) in [6.07, 6.45) is 1.85. The molecule has 0 saturated carbocycles. The second-order valence-electron chi connectivity index (χ2n) is 4.84. The summed E-state index contributed by atoms with van der Waals surface area (Å²) in [6.45, 7) is 3.90. The Balaban J connectivity index is 1.76. The molecule has 2 aromatic rings. The van der Waals surface area contributed by atoms with E-state index in [0.29, 0.717) is 5.92 Å². The number of nitrogens with zero attached hydrogens (tertiary/aromatic N) is 3. The van der Waals surface area contributed by atoms with E-state index in [1.54, 1.807) is 7.11 Å². The highest BCUT2D eigenvalue weighted by Crippen LogP contribution is 2.34. The number of ether oxygens (including phenoxy) is 1. The van der Waals surface area contributed by atoms with E-state index < -0.39 is 0 Å². The van der Waals surface area contributed by atoms with Crippen LogP contribution in [0.3, 0.4) is 0 Å². The number of hydrogen-bond acceptors (Lipinski definition) is 4. The fraction of sp³-hybridized carbons (Fsp3) is 0.333. The molecule has 0 unspecified atom stereocenters. The minimum Gasteiger partial charge on any atom is -0.493 e. The smallest absolute Gasteiger partial charge is 0.171 e. The molecule has 4 heteroatoms. The zero-order chi connectivity index (χ0) is 13.2. The first-order chi connectivity index (χ1) is 9.28. The van der Waals surface area contributed by atoms with E-state index in [4.69, 9.17) is 4.74 Å². The molecule has 0 spiro atoms. The van der Waals surface area contributed by atoms with Crippen molar-refractivity contribution in [2.24, 2.45) is 0 Å². The maximum absolute atomic E-state index is 5.38. The van der Waals surface area contributed by atoms with Gasteiger partial charge in [-0.25, -0.2) is 4.98 Å². The van der Waals surface area contributed by atoms with E-state index >= 15 is 0 Å². The highest BCUT2D eigenvalue weighted by atomic mass is 16.5. The molecule has 0 aliphatic carbocycles. The van der Waals surface area contributed by atoms with E-state index in [0.717, 1.165) is 36.0 Å². The molecule has 0 aromatic carbocycles. The van der Waals surface area contributed by atoms with Gasteiger partial charge in [-0.2, -0.15) is 0 Å². The molecule has 0 radical (unpaired) electrons. The molecule has 0 bridgehead atoms. The first kappa shape index (κ1) is 12.0. The maximum Gasteiger partial charge on any atom is 0.171 e. The molecule has 4 nitrogen and oxygen atoms in total. The standard InChI is InChI=1S/C15H17N3O/c1-11-6-7-14(19-2)15(17-11)18-9-12(10-18)13-5-3-4-8-16-13/h3-8,12H,9-10H2,1-2H3. The molecule has 1 aliphatic heterocycles. The summed E-state index contributed by atoms with van der Waals surface area (Å²) in [4.78, 5) is 11.2. The normalized spacial score (nSPS) is 15.2. The third-order valence-electron chi connectivity index (χ3n) is 3.49. The lowest BCUT2D eigenvalue weighted by molar-refractivity contribution is 0.405. The highest BCUT2D eigenvalue weighted by molar-refractivity contribution is 5.55. The van der Waals surface area contributed by atoms with Gasteiger partial charge < -0.3 is 9.64 Å². The summed E-state index contributed by atoms with van der Waals surface area (Å²) in [5.41, 5.74) is 2.17. The Morgan fingerprint density at radius 2 is 2.05 bits per heavy atom. The van der Waals surface area contributed by atoms with Crippen LogP contribution in [0.5, 0.6) is 5.75 Å². The Bertz CT molecular complexity index is 565. The van der Waals surface area contributed by atoms with Crippen LogP contribution in [0.2, 0.25) is 0 Å². The first-order valence-corrected chi connectivity index (χ1v) is 6.45. The van der Waals surface area contributed by atoms with Gasteiger partial charge in [-0.15, -0.1) is 0 Å². The molecule has 2 aromatic heterocycles. The van der Waals surface area contributed by atoms with Crippen molar-refractivity contribution >= 4 is 5.82 Å². The Kier molecular flexibility index (Phi) is 3.07. The van der Waals surface area contributed by atoms with Gasteiger partial charge in [0.2, 0.25) is 0 Å². The van der Waals surface area contributed by atoms with Crippen molar-refractivity contribution in [2.45, 2.75) is 12.8 Å². The molecular weight excluding hydrogens is 238 g/mol. The van der Waals surface area contributed by atoms with Crippen LogP contribution in [-0.2, 0) is 0 Å². The lowest BCUT2D eigenvalue weighted by atomic mass is 9.95. The minimum atomic E-state index is 0.494. The summed E-state index contributed by atoms with van der Waals surface area (Å²) in [7, 11) is 1.69. The number of rotatable bonds is 3. The minimum absolute atomic E-state index is 0.494. The summed E-state index contributed by atoms with van der Waals surface area (Å²) < 4.78 is 5.38. The first-order valence-electron chi connectivity index (χ1n) is 6.45. The molecule has 0 N–H and O–H groups in total. The lowest BCUT2D eigenvalue weighted by Gasteiger charge is -2.40. The highest BCUT2D eigenvalue weighted by Gasteiger charge is 2.31. The third-order valence-corrected chi connectivity index (χ3v) is 3.49. The maximum atomic E-state index is 5.38. The fourth-order valence-electron chi connectivity index (χ4n) is 2.37. The van der Waals surface area contributed by atoms with E-state index in [2.05, 4.69) is 20.9 Å². The zero-order valence-electron chi connectivity index (χ0n) is 11.2. The Morgan fingerprint density at radius 3 is 2.74 bits per heavy atom. The largest absolute Gasteiger partial charge is 0.493 e. The predicted molar refractivity (Wildman–Crippen MR) is 74.7 cm³/mol. The van der Waals surface area contributed by atoms with Crippen LogP contribution in [-0.4, -0.2) is 30.2 Å². The van der Waals surface area contributed by atoms with Crippen LogP contribution in [0.15, 0.2) is 36.5 Å². The monoisotopic (exact) mass is 255 g/mol. The Labute approximate surface area is 113 Å². The van der Waals surface area contributed by atoms with E-state index in [1.807, 2.05) is 37.4 Å². The van der Waals surface area contributed by atoms with Gasteiger partial charge in [-0.05, 0) is 31.2 Å². The second kappa shape index (κ2) is 4.88. The molecule has 1 fully saturated rings. The van der Waals surface area contributed by atoms with E-state index in [1.165, 1.54) is 0 Å². The van der Waals surface area contributed by atoms with Gasteiger partial charge in [0.1, 0.15) is 0 Å². The van der Waals surface area contributed by atoms with E-state index in [9.17, 15) is 0 Å². The molecule has 1 aliphatic rings. The number of anilines is 1. The molecule has 3 heterocycles. The summed E-state index contributed by atoms with van der Waals surface area (Å²) in [5, 5.41) is 0. The van der Waals surface area contributed by atoms with Crippen molar-refractivity contribution in [1.29, 1.82) is 0 Å². The van der Waals surface area contributed by atoms with Gasteiger partial charge >= 0.3 is 0 Å². The van der Waals surface area contributed by atoms with Crippen LogP contribution in [0.25, 0.3) is 0 Å². The third kappa shape index (κ3) is 2.26. The van der Waals surface area contributed by atoms with Crippen molar-refractivity contribution in [3.63, 3.8) is 0 Å². The molecule has 1 saturated heterocycles. The number of pyridine rings is 2. The average molecular weight is 255 g/mol. The summed E-state index contributed by atoms with van der Waals surface area (Å²) in [5.74, 6) is 2.27. The van der Waals surface area contributed by atoms with E-state index in [-0.39, 0.29) is 0 Å². The Morgan fingerprint density at radius 1 is 1.21 bits per heavy atom. The topological polar surface area (TPSA) is 38.2 Å². The van der Waals surface area contributed by atoms with Crippen molar-refractivity contribution in [2.75, 3.05) is 25.1 Å². The van der Waals surface area contributed by atoms with Crippen LogP contribution in [0.1, 0.15) is 17.3 Å². The molecule has 0 amide bonds. The van der Waals surface area contributed by atoms with Crippen LogP contribution < -0.4 is 9.64 Å². The van der Waals surface area contributed by atoms with Gasteiger partial charge in [-0.1, -0.05) is 6.07 Å². The van der Waals surface area contributed by atoms with Crippen LogP contribution >= 0.6 is 0 Å². The van der Waals surface area contributed by atoms with Crippen LogP contribution in [0.4, 0.5) is 5.82 Å². The van der Waals surface area contributed by atoms with Gasteiger partial charge in [0.05, 0.1) is 7.11 Å². The van der Waals surface area contributed by atoms with Crippen molar-refractivity contribution in [3.8, 4) is 5.75 Å². The van der Waals surface area contributed by atoms with Crippen molar-refractivity contribution < 1.29 is 4.74 Å². The fourth-order valence-corrected chi connectivity index (χ4v) is 2.37. The molecule has 19 heavy (non-hydrogen) atoms. The van der Waals surface area contributed by atoms with Crippen LogP contribution in [0, 0.1) is 6.92 Å². The SMILES string of the molecule is COc1ccc(C)nc1N1CC(c2ccccn2)C1. The lowest BCUT2D eigenvalue weighted by Crippen LogP contribution is -2.46. The number of aryl methyl sites for hydroxylation is 1. The van der Waals surface area contributed by atoms with Gasteiger partial charge in [0, 0.05) is 36.6 Å². The second-order valence-corrected chi connectivity index (χ2v) is 4.84. The quantitative estimate of drug-likeness (QED) is 0.844. The molecule has 0 atom stereocenters. The van der Waals surface area contributed by atoms with Gasteiger partial charge in [-0.3, -0.25) is 4.98 Å². The predicted octanol–water partition coefficient (Wildman–Crippen LogP) is 2.40. The number of methoxy groups -OCH3 is 1. The number of aromatic nitrogens is 2. The average Bonchev–Trinajstić information content (AvgIpc) is 2.39. The molecular formula is C15H17N3O.